The number of carbonyl (C=O) groups is 1. The van der Waals surface area contributed by atoms with Crippen LogP contribution in [0, 0.1) is 0 Å². The summed E-state index contributed by atoms with van der Waals surface area (Å²) in [6, 6.07) is 16.4. The Morgan fingerprint density at radius 2 is 1.60 bits per heavy atom. The van der Waals surface area contributed by atoms with Crippen LogP contribution in [-0.4, -0.2) is 40.3 Å². The van der Waals surface area contributed by atoms with Gasteiger partial charge in [-0.25, -0.2) is 4.79 Å². The summed E-state index contributed by atoms with van der Waals surface area (Å²) in [5, 5.41) is 1.38. The normalized spacial score (nSPS) is 12.6. The molecule has 0 atom stereocenters. The van der Waals surface area contributed by atoms with Crippen molar-refractivity contribution in [1.29, 1.82) is 0 Å². The number of carbonyl (C=O) groups excluding carboxylic acids is 1. The third kappa shape index (κ3) is 7.09. The number of hydrogen-bond donors (Lipinski definition) is 0. The first-order chi connectivity index (χ1) is 16.2. The maximum atomic E-state index is 12.3. The fraction of sp³-hybridized carbons (Fsp3) is 0.464. The van der Waals surface area contributed by atoms with Crippen LogP contribution in [0.3, 0.4) is 0 Å². The highest BCUT2D eigenvalue weighted by Gasteiger charge is 2.36. The summed E-state index contributed by atoms with van der Waals surface area (Å²) in [6.07, 6.45) is -0.366. The van der Waals surface area contributed by atoms with Crippen LogP contribution in [0.4, 0.5) is 10.5 Å². The topological polar surface area (TPSA) is 48.0 Å². The molecular formula is C28H39NO4SSi. The molecule has 0 N–H and O–H groups in total. The summed E-state index contributed by atoms with van der Waals surface area (Å²) >= 11 is 1.73. The number of benzene rings is 2. The predicted molar refractivity (Wildman–Crippen MR) is 151 cm³/mol. The zero-order valence-corrected chi connectivity index (χ0v) is 24.3. The van der Waals surface area contributed by atoms with E-state index in [1.807, 2.05) is 51.1 Å². The van der Waals surface area contributed by atoms with E-state index in [9.17, 15) is 4.79 Å². The van der Waals surface area contributed by atoms with Crippen molar-refractivity contribution in [2.75, 3.05) is 25.2 Å². The van der Waals surface area contributed by atoms with E-state index in [0.717, 1.165) is 17.0 Å². The monoisotopic (exact) mass is 513 g/mol. The molecule has 35 heavy (non-hydrogen) atoms. The van der Waals surface area contributed by atoms with E-state index in [-0.39, 0.29) is 11.1 Å². The third-order valence-corrected chi connectivity index (χ3v) is 12.0. The minimum Gasteiger partial charge on any atom is -0.491 e. The molecule has 0 bridgehead atoms. The lowest BCUT2D eigenvalue weighted by molar-refractivity contribution is 0.0589. The van der Waals surface area contributed by atoms with Crippen LogP contribution >= 0.6 is 11.3 Å². The van der Waals surface area contributed by atoms with Gasteiger partial charge in [0.05, 0.1) is 6.61 Å². The van der Waals surface area contributed by atoms with Crippen LogP contribution < -0.4 is 9.64 Å². The van der Waals surface area contributed by atoms with Crippen molar-refractivity contribution in [3.63, 3.8) is 0 Å². The Morgan fingerprint density at radius 3 is 2.20 bits per heavy atom. The third-order valence-electron chi connectivity index (χ3n) is 6.32. The van der Waals surface area contributed by atoms with Crippen molar-refractivity contribution in [3.8, 4) is 16.2 Å². The number of hydrogen-bond acceptors (Lipinski definition) is 5. The lowest BCUT2D eigenvalue weighted by Gasteiger charge is -2.36. The lowest BCUT2D eigenvalue weighted by atomic mass is 10.1. The standard InChI is InChI=1S/C28H39NO4SSi/c1-27(2,3)33-26(30)29(7)22-13-10-20(11-14-22)24-18-21-12-15-23(19-25(21)34-24)31-16-17-32-35(8,9)28(4,5)6/h10-15,18-19H,16-17H2,1-9H3. The Morgan fingerprint density at radius 1 is 0.943 bits per heavy atom. The van der Waals surface area contributed by atoms with Gasteiger partial charge in [-0.15, -0.1) is 11.3 Å². The van der Waals surface area contributed by atoms with Gasteiger partial charge >= 0.3 is 6.09 Å². The van der Waals surface area contributed by atoms with Crippen molar-refractivity contribution >= 4 is 41.5 Å². The van der Waals surface area contributed by atoms with Crippen LogP contribution in [0.25, 0.3) is 20.5 Å². The SMILES string of the molecule is CN(C(=O)OC(C)(C)C)c1ccc(-c2cc3ccc(OCCO[Si](C)(C)C(C)(C)C)cc3s2)cc1. The molecule has 0 unspecified atom stereocenters. The van der Waals surface area contributed by atoms with Gasteiger partial charge in [-0.05, 0) is 86.3 Å². The molecule has 7 heteroatoms. The Bertz CT molecular complexity index is 1160. The minimum atomic E-state index is -1.76. The lowest BCUT2D eigenvalue weighted by Crippen LogP contribution is -2.41. The fourth-order valence-electron chi connectivity index (χ4n) is 3.20. The van der Waals surface area contributed by atoms with E-state index >= 15 is 0 Å². The number of ether oxygens (including phenoxy) is 2. The van der Waals surface area contributed by atoms with Crippen molar-refractivity contribution in [3.05, 3.63) is 48.5 Å². The summed E-state index contributed by atoms with van der Waals surface area (Å²) in [6.45, 7) is 18.0. The Kier molecular flexibility index (Phi) is 8.04. The molecule has 0 radical (unpaired) electrons. The van der Waals surface area contributed by atoms with Crippen LogP contribution in [0.5, 0.6) is 5.75 Å². The van der Waals surface area contributed by atoms with E-state index < -0.39 is 13.9 Å². The first-order valence-electron chi connectivity index (χ1n) is 12.0. The molecule has 1 aromatic heterocycles. The van der Waals surface area contributed by atoms with Gasteiger partial charge in [0, 0.05) is 22.3 Å². The zero-order chi connectivity index (χ0) is 26.0. The highest BCUT2D eigenvalue weighted by molar-refractivity contribution is 7.22. The molecule has 3 rings (SSSR count). The smallest absolute Gasteiger partial charge is 0.414 e. The van der Waals surface area contributed by atoms with E-state index in [2.05, 4.69) is 52.1 Å². The van der Waals surface area contributed by atoms with Gasteiger partial charge in [0.25, 0.3) is 0 Å². The summed E-state index contributed by atoms with van der Waals surface area (Å²) in [4.78, 5) is 15.0. The molecule has 0 saturated carbocycles. The average molecular weight is 514 g/mol. The van der Waals surface area contributed by atoms with Crippen LogP contribution in [-0.2, 0) is 9.16 Å². The first-order valence-corrected chi connectivity index (χ1v) is 15.8. The molecule has 1 heterocycles. The number of thiophene rings is 1. The van der Waals surface area contributed by atoms with Gasteiger partial charge in [0.15, 0.2) is 8.32 Å². The van der Waals surface area contributed by atoms with Crippen molar-refractivity contribution in [2.24, 2.45) is 0 Å². The molecule has 0 aliphatic carbocycles. The molecule has 0 saturated heterocycles. The van der Waals surface area contributed by atoms with E-state index in [0.29, 0.717) is 13.2 Å². The Balaban J connectivity index is 1.64. The first kappa shape index (κ1) is 27.2. The number of fused-ring (bicyclic) bond motifs is 1. The molecule has 190 valence electrons. The van der Waals surface area contributed by atoms with Crippen molar-refractivity contribution in [1.82, 2.24) is 0 Å². The molecule has 3 aromatic rings. The Hall–Kier alpha value is -2.35. The number of rotatable bonds is 7. The van der Waals surface area contributed by atoms with Gasteiger partial charge in [-0.2, -0.15) is 0 Å². The van der Waals surface area contributed by atoms with Gasteiger partial charge in [-0.1, -0.05) is 32.9 Å². The highest BCUT2D eigenvalue weighted by Crippen LogP contribution is 2.37. The maximum Gasteiger partial charge on any atom is 0.414 e. The number of amides is 1. The molecular weight excluding hydrogens is 474 g/mol. The second-order valence-electron chi connectivity index (χ2n) is 11.4. The minimum absolute atomic E-state index is 0.197. The fourth-order valence-corrected chi connectivity index (χ4v) is 5.32. The molecule has 1 amide bonds. The van der Waals surface area contributed by atoms with E-state index in [1.165, 1.54) is 19.9 Å². The van der Waals surface area contributed by atoms with Crippen LogP contribution in [0.1, 0.15) is 41.5 Å². The largest absolute Gasteiger partial charge is 0.491 e. The molecule has 0 fully saturated rings. The highest BCUT2D eigenvalue weighted by atomic mass is 32.1. The summed E-state index contributed by atoms with van der Waals surface area (Å²) < 4.78 is 18.8. The number of nitrogens with zero attached hydrogens (tertiary/aromatic N) is 1. The zero-order valence-electron chi connectivity index (χ0n) is 22.5. The maximum absolute atomic E-state index is 12.3. The predicted octanol–water partition coefficient (Wildman–Crippen LogP) is 8.34. The van der Waals surface area contributed by atoms with Crippen molar-refractivity contribution in [2.45, 2.75) is 65.3 Å². The molecule has 2 aromatic carbocycles. The van der Waals surface area contributed by atoms with E-state index in [4.69, 9.17) is 13.9 Å². The van der Waals surface area contributed by atoms with Gasteiger partial charge in [-0.3, -0.25) is 4.90 Å². The van der Waals surface area contributed by atoms with Crippen LogP contribution in [0.15, 0.2) is 48.5 Å². The molecule has 0 spiro atoms. The molecule has 5 nitrogen and oxygen atoms in total. The second-order valence-corrected chi connectivity index (χ2v) is 17.2. The molecule has 0 aliphatic rings. The van der Waals surface area contributed by atoms with Crippen LogP contribution in [0.2, 0.25) is 18.1 Å². The number of anilines is 1. The van der Waals surface area contributed by atoms with E-state index in [1.54, 1.807) is 18.4 Å². The average Bonchev–Trinajstić information content (AvgIpc) is 3.18. The summed E-state index contributed by atoms with van der Waals surface area (Å²) in [7, 11) is -0.0324. The second kappa shape index (κ2) is 10.3. The molecule has 0 aliphatic heterocycles. The quantitative estimate of drug-likeness (QED) is 0.235. The van der Waals surface area contributed by atoms with Gasteiger partial charge in [0.2, 0.25) is 0 Å². The van der Waals surface area contributed by atoms with Gasteiger partial charge in [0.1, 0.15) is 18.0 Å². The Labute approximate surface area is 215 Å². The van der Waals surface area contributed by atoms with Gasteiger partial charge < -0.3 is 13.9 Å². The van der Waals surface area contributed by atoms with Crippen molar-refractivity contribution < 1.29 is 18.7 Å². The summed E-state index contributed by atoms with van der Waals surface area (Å²) in [5.41, 5.74) is 1.38. The summed E-state index contributed by atoms with van der Waals surface area (Å²) in [5.74, 6) is 0.860.